The van der Waals surface area contributed by atoms with Crippen molar-refractivity contribution in [3.63, 3.8) is 0 Å². The maximum absolute atomic E-state index is 9.55. The molecular weight excluding hydrogens is 374 g/mol. The first-order valence-corrected chi connectivity index (χ1v) is 9.40. The first-order valence-electron chi connectivity index (χ1n) is 9.40. The van der Waals surface area contributed by atoms with Gasteiger partial charge in [-0.3, -0.25) is 0 Å². The lowest BCUT2D eigenvalue weighted by molar-refractivity contribution is -0.134. The van der Waals surface area contributed by atoms with Crippen LogP contribution in [0.3, 0.4) is 0 Å². The maximum atomic E-state index is 9.55. The number of hydrogen-bond donors (Lipinski definition) is 2. The number of carboxylic acids is 2. The molecule has 2 aliphatic heterocycles. The van der Waals surface area contributed by atoms with E-state index in [0.29, 0.717) is 12.2 Å². The van der Waals surface area contributed by atoms with Crippen LogP contribution in [0.25, 0.3) is 0 Å². The van der Waals surface area contributed by atoms with Crippen LogP contribution < -0.4 is 0 Å². The first kappa shape index (κ1) is 21.9. The monoisotopic (exact) mass is 401 g/mol. The van der Waals surface area contributed by atoms with E-state index in [1.54, 1.807) is 0 Å². The van der Waals surface area contributed by atoms with E-state index in [-0.39, 0.29) is 0 Å². The minimum atomic E-state index is -1.26. The summed E-state index contributed by atoms with van der Waals surface area (Å²) >= 11 is 0. The van der Waals surface area contributed by atoms with Gasteiger partial charge in [-0.15, -0.1) is 0 Å². The fourth-order valence-corrected chi connectivity index (χ4v) is 2.90. The van der Waals surface area contributed by atoms with Gasteiger partial charge in [0.05, 0.1) is 5.69 Å². The largest absolute Gasteiger partial charge is 0.478 e. The van der Waals surface area contributed by atoms with Crippen LogP contribution in [0.15, 0.2) is 52.5 Å². The molecule has 2 heterocycles. The second-order valence-corrected chi connectivity index (χ2v) is 6.71. The van der Waals surface area contributed by atoms with Crippen molar-refractivity contribution in [1.29, 1.82) is 0 Å². The number of nitrogens with zero attached hydrogens (tertiary/aromatic N) is 5. The van der Waals surface area contributed by atoms with Gasteiger partial charge in [-0.05, 0) is 25.0 Å². The lowest BCUT2D eigenvalue weighted by atomic mass is 10.3. The summed E-state index contributed by atoms with van der Waals surface area (Å²) < 4.78 is 0. The van der Waals surface area contributed by atoms with E-state index in [4.69, 9.17) is 20.2 Å². The molecule has 0 radical (unpaired) electrons. The van der Waals surface area contributed by atoms with Crippen molar-refractivity contribution < 1.29 is 19.8 Å². The highest BCUT2D eigenvalue weighted by Crippen LogP contribution is 2.16. The van der Waals surface area contributed by atoms with Crippen LogP contribution in [0, 0.1) is 0 Å². The molecule has 0 saturated carbocycles. The number of rotatable bonds is 3. The molecule has 2 saturated heterocycles. The van der Waals surface area contributed by atoms with Gasteiger partial charge in [-0.1, -0.05) is 18.2 Å². The minimum Gasteiger partial charge on any atom is -0.478 e. The number of carbonyl (C=O) groups is 2. The lowest BCUT2D eigenvalue weighted by Gasteiger charge is -2.21. The van der Waals surface area contributed by atoms with Crippen LogP contribution in [-0.2, 0) is 9.59 Å². The smallest absolute Gasteiger partial charge is 0.328 e. The maximum Gasteiger partial charge on any atom is 0.328 e. The van der Waals surface area contributed by atoms with Crippen molar-refractivity contribution in [2.24, 2.45) is 9.98 Å². The number of likely N-dealkylation sites (N-methyl/N-ethyl adjacent to an activating group) is 2. The Morgan fingerprint density at radius 3 is 1.90 bits per heavy atom. The van der Waals surface area contributed by atoms with Gasteiger partial charge >= 0.3 is 11.9 Å². The summed E-state index contributed by atoms with van der Waals surface area (Å²) in [5.41, 5.74) is 0.965. The Balaban J connectivity index is 0.000000321. The van der Waals surface area contributed by atoms with Gasteiger partial charge < -0.3 is 24.9 Å². The Labute approximate surface area is 170 Å². The van der Waals surface area contributed by atoms with E-state index in [2.05, 4.69) is 28.8 Å². The molecule has 0 aromatic heterocycles. The summed E-state index contributed by atoms with van der Waals surface area (Å²) in [4.78, 5) is 35.4. The lowest BCUT2D eigenvalue weighted by Crippen LogP contribution is -2.33. The third-order valence-corrected chi connectivity index (χ3v) is 4.40. The van der Waals surface area contributed by atoms with Crippen molar-refractivity contribution in [3.8, 4) is 0 Å². The van der Waals surface area contributed by atoms with Gasteiger partial charge in [0.1, 0.15) is 0 Å². The molecular formula is C20H27N5O4. The Bertz CT molecular complexity index is 757. The summed E-state index contributed by atoms with van der Waals surface area (Å²) in [7, 11) is 4.18. The third kappa shape index (κ3) is 7.28. The van der Waals surface area contributed by atoms with E-state index in [0.717, 1.165) is 43.8 Å². The fourth-order valence-electron chi connectivity index (χ4n) is 2.90. The predicted octanol–water partition coefficient (Wildman–Crippen LogP) is 1.71. The highest BCUT2D eigenvalue weighted by atomic mass is 16.4. The molecule has 0 spiro atoms. The standard InChI is InChI=1S/C16H23N5.C4H4O4/c1-19-12-13-20(2)16(19)18-15(21-10-6-7-11-21)17-14-8-4-3-5-9-14;5-3(6)1-2-4(7)8/h3-5,8-9H,6-7,10-13H2,1-2H3;1-2H,(H,5,6)(H,7,8)/b17-15-;2-1+. The Morgan fingerprint density at radius 2 is 1.41 bits per heavy atom. The van der Waals surface area contributed by atoms with Crippen LogP contribution in [0.5, 0.6) is 0 Å². The van der Waals surface area contributed by atoms with E-state index in [9.17, 15) is 9.59 Å². The number of hydrogen-bond acceptors (Lipinski definition) is 3. The van der Waals surface area contributed by atoms with Gasteiger partial charge in [0.25, 0.3) is 0 Å². The molecule has 0 unspecified atom stereocenters. The van der Waals surface area contributed by atoms with Gasteiger partial charge in [-0.2, -0.15) is 4.99 Å². The number of carboxylic acid groups (broad SMARTS) is 2. The Hall–Kier alpha value is -3.36. The Morgan fingerprint density at radius 1 is 0.897 bits per heavy atom. The second-order valence-electron chi connectivity index (χ2n) is 6.71. The summed E-state index contributed by atoms with van der Waals surface area (Å²) in [6, 6.07) is 10.1. The number of guanidine groups is 2. The van der Waals surface area contributed by atoms with Gasteiger partial charge in [0, 0.05) is 52.4 Å². The van der Waals surface area contributed by atoms with E-state index < -0.39 is 11.9 Å². The van der Waals surface area contributed by atoms with Crippen molar-refractivity contribution in [3.05, 3.63) is 42.5 Å². The van der Waals surface area contributed by atoms with Crippen LogP contribution >= 0.6 is 0 Å². The molecule has 2 aliphatic rings. The minimum absolute atomic E-state index is 0.558. The molecule has 9 heteroatoms. The molecule has 156 valence electrons. The molecule has 1 aromatic rings. The first-order chi connectivity index (χ1) is 13.9. The number of aliphatic carboxylic acids is 2. The molecule has 2 fully saturated rings. The highest BCUT2D eigenvalue weighted by molar-refractivity contribution is 5.96. The zero-order valence-electron chi connectivity index (χ0n) is 16.7. The molecule has 0 aliphatic carbocycles. The zero-order valence-corrected chi connectivity index (χ0v) is 16.7. The van der Waals surface area contributed by atoms with Crippen LogP contribution in [-0.4, -0.2) is 89.0 Å². The van der Waals surface area contributed by atoms with E-state index in [1.807, 2.05) is 30.3 Å². The third-order valence-electron chi connectivity index (χ3n) is 4.40. The molecule has 3 rings (SSSR count). The molecule has 0 atom stereocenters. The van der Waals surface area contributed by atoms with Crippen molar-refractivity contribution in [2.45, 2.75) is 12.8 Å². The van der Waals surface area contributed by atoms with Crippen molar-refractivity contribution in [1.82, 2.24) is 14.7 Å². The topological polar surface area (TPSA) is 109 Å². The molecule has 1 aromatic carbocycles. The predicted molar refractivity (Wildman–Crippen MR) is 111 cm³/mol. The van der Waals surface area contributed by atoms with Crippen LogP contribution in [0.2, 0.25) is 0 Å². The quantitative estimate of drug-likeness (QED) is 0.451. The fraction of sp³-hybridized carbons (Fsp3) is 0.400. The normalized spacial score (nSPS) is 16.8. The summed E-state index contributed by atoms with van der Waals surface area (Å²) in [5.74, 6) is -0.661. The molecule has 2 N–H and O–H groups in total. The van der Waals surface area contributed by atoms with Crippen molar-refractivity contribution in [2.75, 3.05) is 40.3 Å². The number of likely N-dealkylation sites (tertiary alicyclic amines) is 1. The molecule has 9 nitrogen and oxygen atoms in total. The van der Waals surface area contributed by atoms with Crippen molar-refractivity contribution >= 4 is 29.5 Å². The van der Waals surface area contributed by atoms with Crippen LogP contribution in [0.4, 0.5) is 5.69 Å². The number of benzene rings is 1. The van der Waals surface area contributed by atoms with Crippen LogP contribution in [0.1, 0.15) is 12.8 Å². The number of aliphatic imine (C=N–C) groups is 2. The highest BCUT2D eigenvalue weighted by Gasteiger charge is 2.23. The van der Waals surface area contributed by atoms with Gasteiger partial charge in [-0.25, -0.2) is 14.6 Å². The summed E-state index contributed by atoms with van der Waals surface area (Å²) in [6.45, 7) is 4.15. The average molecular weight is 401 g/mol. The summed E-state index contributed by atoms with van der Waals surface area (Å²) in [5, 5.41) is 15.6. The molecule has 0 amide bonds. The number of para-hydroxylation sites is 1. The van der Waals surface area contributed by atoms with E-state index in [1.165, 1.54) is 12.8 Å². The van der Waals surface area contributed by atoms with E-state index >= 15 is 0 Å². The average Bonchev–Trinajstić information content (AvgIpc) is 3.33. The molecule has 29 heavy (non-hydrogen) atoms. The van der Waals surface area contributed by atoms with Gasteiger partial charge in [0.15, 0.2) is 0 Å². The summed E-state index contributed by atoms with van der Waals surface area (Å²) in [6.07, 6.45) is 3.57. The van der Waals surface area contributed by atoms with Gasteiger partial charge in [0.2, 0.25) is 11.9 Å². The second kappa shape index (κ2) is 10.8. The molecule has 0 bridgehead atoms. The zero-order chi connectivity index (χ0) is 21.2. The SMILES string of the molecule is CN1CCN(C)C1=N/C(=N/c1ccccc1)N1CCCC1.O=C(O)/C=C/C(=O)O. The Kier molecular flexibility index (Phi) is 8.20.